The number of likely N-dealkylation sites (tertiary alicyclic amines) is 1. The van der Waals surface area contributed by atoms with Gasteiger partial charge in [-0.05, 0) is 37.5 Å². The molecule has 1 atom stereocenters. The molecule has 3 amide bonds. The van der Waals surface area contributed by atoms with Crippen molar-refractivity contribution in [1.82, 2.24) is 9.96 Å². The van der Waals surface area contributed by atoms with Crippen LogP contribution in [0.1, 0.15) is 18.4 Å². The minimum absolute atomic E-state index is 0.0155. The lowest BCUT2D eigenvalue weighted by molar-refractivity contribution is -0.187. The Balaban J connectivity index is 1.59. The van der Waals surface area contributed by atoms with E-state index in [9.17, 15) is 18.0 Å². The Kier molecular flexibility index (Phi) is 6.01. The highest BCUT2D eigenvalue weighted by Gasteiger charge is 2.33. The highest BCUT2D eigenvalue weighted by atomic mass is 32.2. The van der Waals surface area contributed by atoms with Gasteiger partial charge < -0.3 is 10.2 Å². The van der Waals surface area contributed by atoms with Crippen LogP contribution in [0.2, 0.25) is 0 Å². The Bertz CT molecular complexity index is 811. The Labute approximate surface area is 159 Å². The largest absolute Gasteiger partial charge is 0.324 e. The molecule has 1 unspecified atom stereocenters. The number of piperidine rings is 1. The van der Waals surface area contributed by atoms with E-state index in [2.05, 4.69) is 5.32 Å². The van der Waals surface area contributed by atoms with E-state index in [4.69, 9.17) is 4.84 Å². The first-order valence-electron chi connectivity index (χ1n) is 9.11. The van der Waals surface area contributed by atoms with Gasteiger partial charge in [0.1, 0.15) is 0 Å². The normalized spacial score (nSPS) is 22.8. The summed E-state index contributed by atoms with van der Waals surface area (Å²) in [5.41, 5.74) is 1.77. The monoisotopic (exact) mass is 395 g/mol. The summed E-state index contributed by atoms with van der Waals surface area (Å²) in [6, 6.07) is 7.29. The molecule has 2 saturated heterocycles. The third kappa shape index (κ3) is 5.20. The minimum atomic E-state index is -3.17. The van der Waals surface area contributed by atoms with Crippen LogP contribution >= 0.6 is 0 Å². The third-order valence-corrected chi connectivity index (χ3v) is 6.41. The Hall–Kier alpha value is -2.13. The quantitative estimate of drug-likeness (QED) is 0.817. The van der Waals surface area contributed by atoms with Crippen LogP contribution in [0.5, 0.6) is 0 Å². The molecular weight excluding hydrogens is 370 g/mol. The van der Waals surface area contributed by atoms with E-state index in [0.717, 1.165) is 16.3 Å². The van der Waals surface area contributed by atoms with Gasteiger partial charge >= 0.3 is 6.03 Å². The smallest absolute Gasteiger partial charge is 0.321 e. The number of sulfone groups is 1. The Morgan fingerprint density at radius 3 is 2.81 bits per heavy atom. The van der Waals surface area contributed by atoms with Crippen molar-refractivity contribution in [3.05, 3.63) is 29.8 Å². The minimum Gasteiger partial charge on any atom is -0.324 e. The second kappa shape index (κ2) is 8.26. The molecule has 1 aromatic carbocycles. The number of rotatable bonds is 2. The SMILES string of the molecule is Cc1cccc(NC(=O)N2CCCC(C(=O)N3CCS(=O)(=O)CCO3)C2)c1. The summed E-state index contributed by atoms with van der Waals surface area (Å²) in [6.45, 7) is 2.85. The van der Waals surface area contributed by atoms with Crippen LogP contribution < -0.4 is 5.32 Å². The van der Waals surface area contributed by atoms with Crippen molar-refractivity contribution < 1.29 is 22.8 Å². The third-order valence-electron chi connectivity index (χ3n) is 4.82. The maximum Gasteiger partial charge on any atom is 0.321 e. The summed E-state index contributed by atoms with van der Waals surface area (Å²) in [6.07, 6.45) is 1.36. The number of hydrogen-bond donors (Lipinski definition) is 1. The zero-order valence-electron chi connectivity index (χ0n) is 15.4. The number of benzene rings is 1. The van der Waals surface area contributed by atoms with Crippen LogP contribution in [0.15, 0.2) is 24.3 Å². The van der Waals surface area contributed by atoms with Crippen LogP contribution in [-0.2, 0) is 19.5 Å². The van der Waals surface area contributed by atoms with Gasteiger partial charge in [-0.1, -0.05) is 12.1 Å². The zero-order valence-corrected chi connectivity index (χ0v) is 16.2. The molecule has 1 N–H and O–H groups in total. The van der Waals surface area contributed by atoms with Gasteiger partial charge in [-0.2, -0.15) is 0 Å². The summed E-state index contributed by atoms with van der Waals surface area (Å²) in [4.78, 5) is 32.3. The molecule has 0 radical (unpaired) electrons. The number of hydroxylamine groups is 2. The average molecular weight is 395 g/mol. The predicted octanol–water partition coefficient (Wildman–Crippen LogP) is 1.43. The molecule has 2 fully saturated rings. The van der Waals surface area contributed by atoms with Crippen molar-refractivity contribution in [2.75, 3.05) is 43.1 Å². The van der Waals surface area contributed by atoms with Crippen molar-refractivity contribution in [3.8, 4) is 0 Å². The highest BCUT2D eigenvalue weighted by Crippen LogP contribution is 2.21. The van der Waals surface area contributed by atoms with Crippen LogP contribution in [0.25, 0.3) is 0 Å². The lowest BCUT2D eigenvalue weighted by Crippen LogP contribution is -2.48. The van der Waals surface area contributed by atoms with E-state index >= 15 is 0 Å². The van der Waals surface area contributed by atoms with Crippen LogP contribution in [0, 0.1) is 12.8 Å². The lowest BCUT2D eigenvalue weighted by atomic mass is 9.97. The molecule has 2 heterocycles. The van der Waals surface area contributed by atoms with Crippen LogP contribution in [0.4, 0.5) is 10.5 Å². The molecule has 1 aromatic rings. The van der Waals surface area contributed by atoms with Gasteiger partial charge in [0, 0.05) is 18.8 Å². The van der Waals surface area contributed by atoms with Gasteiger partial charge in [0.25, 0.3) is 5.91 Å². The maximum absolute atomic E-state index is 12.7. The number of anilines is 1. The average Bonchev–Trinajstić information content (AvgIpc) is 2.82. The summed E-state index contributed by atoms with van der Waals surface area (Å²) in [7, 11) is -3.17. The maximum atomic E-state index is 12.7. The molecular formula is C18H25N3O5S. The summed E-state index contributed by atoms with van der Waals surface area (Å²) in [5, 5.41) is 4.03. The summed E-state index contributed by atoms with van der Waals surface area (Å²) >= 11 is 0. The molecule has 148 valence electrons. The second-order valence-electron chi connectivity index (χ2n) is 7.01. The second-order valence-corrected chi connectivity index (χ2v) is 9.31. The van der Waals surface area contributed by atoms with E-state index in [0.29, 0.717) is 25.9 Å². The fourth-order valence-electron chi connectivity index (χ4n) is 3.33. The molecule has 2 aliphatic heterocycles. The van der Waals surface area contributed by atoms with E-state index in [1.54, 1.807) is 4.90 Å². The van der Waals surface area contributed by atoms with Gasteiger partial charge in [-0.3, -0.25) is 9.63 Å². The van der Waals surface area contributed by atoms with Crippen molar-refractivity contribution in [2.24, 2.45) is 5.92 Å². The van der Waals surface area contributed by atoms with Crippen molar-refractivity contribution in [2.45, 2.75) is 19.8 Å². The molecule has 3 rings (SSSR count). The lowest BCUT2D eigenvalue weighted by Gasteiger charge is -2.34. The molecule has 0 aromatic heterocycles. The van der Waals surface area contributed by atoms with Crippen molar-refractivity contribution in [1.29, 1.82) is 0 Å². The summed E-state index contributed by atoms with van der Waals surface area (Å²) in [5.74, 6) is -0.807. The molecule has 2 aliphatic rings. The number of nitrogens with one attached hydrogen (secondary N) is 1. The van der Waals surface area contributed by atoms with Crippen LogP contribution in [0.3, 0.4) is 0 Å². The molecule has 27 heavy (non-hydrogen) atoms. The number of carbonyl (C=O) groups is 2. The number of carbonyl (C=O) groups excluding carboxylic acids is 2. The first-order chi connectivity index (χ1) is 12.8. The van der Waals surface area contributed by atoms with E-state index in [1.807, 2.05) is 31.2 Å². The van der Waals surface area contributed by atoms with Crippen molar-refractivity contribution >= 4 is 27.5 Å². The Morgan fingerprint density at radius 2 is 2.04 bits per heavy atom. The molecule has 0 bridgehead atoms. The zero-order chi connectivity index (χ0) is 19.4. The Morgan fingerprint density at radius 1 is 1.22 bits per heavy atom. The number of urea groups is 1. The molecule has 0 spiro atoms. The van der Waals surface area contributed by atoms with Gasteiger partial charge in [-0.25, -0.2) is 18.3 Å². The van der Waals surface area contributed by atoms with Gasteiger partial charge in [0.05, 0.1) is 30.6 Å². The molecule has 8 nitrogen and oxygen atoms in total. The first-order valence-corrected chi connectivity index (χ1v) is 10.9. The van der Waals surface area contributed by atoms with E-state index in [1.165, 1.54) is 0 Å². The topological polar surface area (TPSA) is 96.0 Å². The van der Waals surface area contributed by atoms with Gasteiger partial charge in [0.2, 0.25) is 0 Å². The van der Waals surface area contributed by atoms with E-state index < -0.39 is 9.84 Å². The first kappa shape index (κ1) is 19.6. The standard InChI is InChI=1S/C18H25N3O5S/c1-14-4-2-6-16(12-14)19-18(23)20-7-3-5-15(13-20)17(22)21-8-10-27(24,25)11-9-26-21/h2,4,6,12,15H,3,5,7-11,13H2,1H3,(H,19,23). The number of nitrogens with zero attached hydrogens (tertiary/aromatic N) is 2. The molecule has 0 saturated carbocycles. The summed E-state index contributed by atoms with van der Waals surface area (Å²) < 4.78 is 23.3. The van der Waals surface area contributed by atoms with Gasteiger partial charge in [-0.15, -0.1) is 0 Å². The highest BCUT2D eigenvalue weighted by molar-refractivity contribution is 7.91. The fourth-order valence-corrected chi connectivity index (χ4v) is 4.31. The molecule has 0 aliphatic carbocycles. The number of amides is 3. The molecule has 9 heteroatoms. The number of aryl methyl sites for hydroxylation is 1. The predicted molar refractivity (Wildman–Crippen MR) is 101 cm³/mol. The van der Waals surface area contributed by atoms with E-state index in [-0.39, 0.29) is 42.5 Å². The number of hydrogen-bond acceptors (Lipinski definition) is 5. The van der Waals surface area contributed by atoms with Crippen LogP contribution in [-0.4, -0.2) is 68.1 Å². The fraction of sp³-hybridized carbons (Fsp3) is 0.556. The van der Waals surface area contributed by atoms with Gasteiger partial charge in [0.15, 0.2) is 9.84 Å². The van der Waals surface area contributed by atoms with Crippen molar-refractivity contribution in [3.63, 3.8) is 0 Å².